The van der Waals surface area contributed by atoms with Crippen molar-refractivity contribution >= 4 is 17.5 Å². The van der Waals surface area contributed by atoms with Crippen LogP contribution < -0.4 is 5.32 Å². The molecule has 0 radical (unpaired) electrons. The molecule has 24 heavy (non-hydrogen) atoms. The van der Waals surface area contributed by atoms with Crippen molar-refractivity contribution in [3.05, 3.63) is 58.1 Å². The fourth-order valence-electron chi connectivity index (χ4n) is 3.12. The third-order valence-electron chi connectivity index (χ3n) is 4.31. The number of benzene rings is 1. The molecule has 1 aromatic carbocycles. The number of carbonyl (C=O) groups is 1. The van der Waals surface area contributed by atoms with E-state index in [2.05, 4.69) is 15.2 Å². The normalized spacial score (nSPS) is 20.8. The van der Waals surface area contributed by atoms with Gasteiger partial charge in [0.05, 0.1) is 22.7 Å². The number of halogens is 2. The van der Waals surface area contributed by atoms with E-state index in [1.165, 1.54) is 24.4 Å². The van der Waals surface area contributed by atoms with E-state index in [9.17, 15) is 9.18 Å². The van der Waals surface area contributed by atoms with E-state index in [4.69, 9.17) is 16.9 Å². The summed E-state index contributed by atoms with van der Waals surface area (Å²) in [4.78, 5) is 17.2. The van der Waals surface area contributed by atoms with Gasteiger partial charge in [0.2, 0.25) is 0 Å². The molecule has 1 aliphatic rings. The minimum absolute atomic E-state index is 0.0791. The predicted molar refractivity (Wildman–Crippen MR) is 88.2 cm³/mol. The molecular weight excluding hydrogens is 331 g/mol. The third kappa shape index (κ3) is 3.14. The molecule has 1 saturated heterocycles. The number of likely N-dealkylation sites (N-methyl/N-ethyl adjacent to an activating group) is 1. The average molecular weight is 347 g/mol. The Morgan fingerprint density at radius 1 is 1.50 bits per heavy atom. The van der Waals surface area contributed by atoms with Crippen LogP contribution >= 0.6 is 11.6 Å². The van der Waals surface area contributed by atoms with Crippen molar-refractivity contribution < 1.29 is 9.18 Å². The van der Waals surface area contributed by atoms with Gasteiger partial charge in [-0.15, -0.1) is 0 Å². The quantitative estimate of drug-likeness (QED) is 0.897. The maximum atomic E-state index is 13.8. The van der Waals surface area contributed by atoms with E-state index in [-0.39, 0.29) is 23.0 Å². The van der Waals surface area contributed by atoms with E-state index < -0.39 is 5.82 Å². The lowest BCUT2D eigenvalue weighted by molar-refractivity contribution is 0.0923. The highest BCUT2D eigenvalue weighted by molar-refractivity contribution is 6.30. The van der Waals surface area contributed by atoms with Crippen LogP contribution in [0, 0.1) is 17.1 Å². The van der Waals surface area contributed by atoms with Gasteiger partial charge in [0.25, 0.3) is 5.91 Å². The number of rotatable bonds is 3. The van der Waals surface area contributed by atoms with Gasteiger partial charge in [-0.2, -0.15) is 5.26 Å². The number of hydrogen-bond acceptors (Lipinski definition) is 3. The molecule has 1 aromatic heterocycles. The van der Waals surface area contributed by atoms with Gasteiger partial charge >= 0.3 is 0 Å². The monoisotopic (exact) mass is 346 g/mol. The SMILES string of the molecule is CN1CCC(NC(=O)c2cc(C#N)c[nH]2)C1c1ccc(Cl)c(F)c1. The van der Waals surface area contributed by atoms with E-state index in [0.717, 1.165) is 18.5 Å². The molecule has 0 bridgehead atoms. The summed E-state index contributed by atoms with van der Waals surface area (Å²) in [5.74, 6) is -0.751. The predicted octanol–water partition coefficient (Wildman–Crippen LogP) is 2.85. The summed E-state index contributed by atoms with van der Waals surface area (Å²) in [5.41, 5.74) is 1.51. The lowest BCUT2D eigenvalue weighted by Gasteiger charge is -2.26. The minimum Gasteiger partial charge on any atom is -0.356 e. The van der Waals surface area contributed by atoms with Crippen molar-refractivity contribution in [2.75, 3.05) is 13.6 Å². The van der Waals surface area contributed by atoms with Crippen LogP contribution in [0.5, 0.6) is 0 Å². The number of carbonyl (C=O) groups excluding carboxylic acids is 1. The lowest BCUT2D eigenvalue weighted by atomic mass is 10.00. The smallest absolute Gasteiger partial charge is 0.268 e. The maximum absolute atomic E-state index is 13.8. The van der Waals surface area contributed by atoms with Crippen LogP contribution in [0.15, 0.2) is 30.5 Å². The highest BCUT2D eigenvalue weighted by Crippen LogP contribution is 2.32. The molecule has 0 saturated carbocycles. The molecule has 0 spiro atoms. The minimum atomic E-state index is -0.470. The Bertz CT molecular complexity index is 813. The third-order valence-corrected chi connectivity index (χ3v) is 4.61. The summed E-state index contributed by atoms with van der Waals surface area (Å²) >= 11 is 5.75. The molecule has 2 heterocycles. The molecule has 2 unspecified atom stereocenters. The first-order valence-corrected chi connectivity index (χ1v) is 7.92. The van der Waals surface area contributed by atoms with Gasteiger partial charge in [0.1, 0.15) is 17.6 Å². The second-order valence-corrected chi connectivity index (χ2v) is 6.29. The first-order valence-electron chi connectivity index (χ1n) is 7.54. The summed E-state index contributed by atoms with van der Waals surface area (Å²) in [6.45, 7) is 0.786. The number of aromatic nitrogens is 1. The number of hydrogen-bond donors (Lipinski definition) is 2. The van der Waals surface area contributed by atoms with Crippen LogP contribution in [0.4, 0.5) is 4.39 Å². The van der Waals surface area contributed by atoms with E-state index in [1.807, 2.05) is 13.1 Å². The molecule has 2 atom stereocenters. The Kier molecular flexibility index (Phi) is 4.56. The number of nitrogens with zero attached hydrogens (tertiary/aromatic N) is 2. The first-order chi connectivity index (χ1) is 11.5. The highest BCUT2D eigenvalue weighted by atomic mass is 35.5. The first kappa shape index (κ1) is 16.5. The summed E-state index contributed by atoms with van der Waals surface area (Å²) in [7, 11) is 1.94. The van der Waals surface area contributed by atoms with Crippen molar-refractivity contribution in [2.45, 2.75) is 18.5 Å². The van der Waals surface area contributed by atoms with Crippen molar-refractivity contribution in [3.8, 4) is 6.07 Å². The highest BCUT2D eigenvalue weighted by Gasteiger charge is 2.34. The zero-order valence-electron chi connectivity index (χ0n) is 13.0. The Morgan fingerprint density at radius 2 is 2.29 bits per heavy atom. The second kappa shape index (κ2) is 6.63. The fourth-order valence-corrected chi connectivity index (χ4v) is 3.23. The Balaban J connectivity index is 1.80. The second-order valence-electron chi connectivity index (χ2n) is 5.88. The zero-order valence-corrected chi connectivity index (χ0v) is 13.8. The number of nitriles is 1. The standard InChI is InChI=1S/C17H16ClFN4O/c1-23-5-4-14(16(23)11-2-3-12(18)13(19)7-11)22-17(24)15-6-10(8-20)9-21-15/h2-3,6-7,9,14,16,21H,4-5H2,1H3,(H,22,24). The van der Waals surface area contributed by atoms with E-state index >= 15 is 0 Å². The van der Waals surface area contributed by atoms with Gasteiger partial charge in [-0.1, -0.05) is 17.7 Å². The van der Waals surface area contributed by atoms with E-state index in [0.29, 0.717) is 11.3 Å². The molecule has 1 amide bonds. The van der Waals surface area contributed by atoms with Crippen molar-refractivity contribution in [1.82, 2.24) is 15.2 Å². The van der Waals surface area contributed by atoms with Crippen LogP contribution in [0.1, 0.15) is 34.1 Å². The van der Waals surface area contributed by atoms with Crippen LogP contribution in [0.2, 0.25) is 5.02 Å². The van der Waals surface area contributed by atoms with Crippen molar-refractivity contribution in [3.63, 3.8) is 0 Å². The summed E-state index contributed by atoms with van der Waals surface area (Å²) in [6, 6.07) is 7.91. The van der Waals surface area contributed by atoms with Crippen LogP contribution in [0.3, 0.4) is 0 Å². The molecule has 5 nitrogen and oxygen atoms in total. The number of amides is 1. The Morgan fingerprint density at radius 3 is 2.96 bits per heavy atom. The van der Waals surface area contributed by atoms with Gasteiger partial charge in [0.15, 0.2) is 0 Å². The molecule has 124 valence electrons. The van der Waals surface area contributed by atoms with Crippen molar-refractivity contribution in [1.29, 1.82) is 5.26 Å². The topological polar surface area (TPSA) is 71.9 Å². The molecule has 3 rings (SSSR count). The van der Waals surface area contributed by atoms with E-state index in [1.54, 1.807) is 6.07 Å². The van der Waals surface area contributed by atoms with Crippen LogP contribution in [-0.2, 0) is 0 Å². The van der Waals surface area contributed by atoms with Gasteiger partial charge in [-0.25, -0.2) is 4.39 Å². The molecule has 7 heteroatoms. The summed E-state index contributed by atoms with van der Waals surface area (Å²) in [6.07, 6.45) is 2.24. The molecule has 2 N–H and O–H groups in total. The molecule has 0 aliphatic carbocycles. The number of H-pyrrole nitrogens is 1. The zero-order chi connectivity index (χ0) is 17.3. The molecular formula is C17H16ClFN4O. The van der Waals surface area contributed by atoms with Gasteiger partial charge in [-0.3, -0.25) is 9.69 Å². The summed E-state index contributed by atoms with van der Waals surface area (Å²) < 4.78 is 13.8. The molecule has 2 aromatic rings. The largest absolute Gasteiger partial charge is 0.356 e. The maximum Gasteiger partial charge on any atom is 0.268 e. The Labute approximate surface area is 144 Å². The van der Waals surface area contributed by atoms with Gasteiger partial charge < -0.3 is 10.3 Å². The lowest BCUT2D eigenvalue weighted by Crippen LogP contribution is -2.39. The number of likely N-dealkylation sites (tertiary alicyclic amines) is 1. The molecule has 1 fully saturated rings. The fraction of sp³-hybridized carbons (Fsp3) is 0.294. The summed E-state index contributed by atoms with van der Waals surface area (Å²) in [5, 5.41) is 11.9. The average Bonchev–Trinajstić information content (AvgIpc) is 3.17. The van der Waals surface area contributed by atoms with Gasteiger partial charge in [-0.05, 0) is 37.2 Å². The van der Waals surface area contributed by atoms with Crippen molar-refractivity contribution in [2.24, 2.45) is 0 Å². The molecule has 1 aliphatic heterocycles. The Hall–Kier alpha value is -2.36. The van der Waals surface area contributed by atoms with Crippen LogP contribution in [0.25, 0.3) is 0 Å². The number of aromatic amines is 1. The van der Waals surface area contributed by atoms with Crippen LogP contribution in [-0.4, -0.2) is 35.4 Å². The number of nitrogens with one attached hydrogen (secondary N) is 2. The van der Waals surface area contributed by atoms with Gasteiger partial charge in [0, 0.05) is 12.7 Å².